The lowest BCUT2D eigenvalue weighted by atomic mass is 10.1. The fraction of sp³-hybridized carbons (Fsp3) is 0.588. The van der Waals surface area contributed by atoms with Crippen molar-refractivity contribution in [3.8, 4) is 5.75 Å². The van der Waals surface area contributed by atoms with Gasteiger partial charge in [0.15, 0.2) is 0 Å². The van der Waals surface area contributed by atoms with Crippen LogP contribution in [0.15, 0.2) is 24.3 Å². The van der Waals surface area contributed by atoms with Gasteiger partial charge in [0.25, 0.3) is 0 Å². The number of carbonyl (C=O) groups excluding carboxylic acids is 1. The van der Waals surface area contributed by atoms with Crippen molar-refractivity contribution in [2.75, 3.05) is 0 Å². The Bertz CT molecular complexity index is 508. The molecule has 0 radical (unpaired) electrons. The Morgan fingerprint density at radius 2 is 1.68 bits per heavy atom. The van der Waals surface area contributed by atoms with Gasteiger partial charge in [0.1, 0.15) is 5.75 Å². The van der Waals surface area contributed by atoms with Gasteiger partial charge in [-0.05, 0) is 43.4 Å². The molecule has 0 saturated heterocycles. The van der Waals surface area contributed by atoms with Crippen LogP contribution in [0.1, 0.15) is 44.1 Å². The maximum atomic E-state index is 12.6. The second-order valence-corrected chi connectivity index (χ2v) is 6.17. The highest BCUT2D eigenvalue weighted by Crippen LogP contribution is 2.35. The smallest absolute Gasteiger partial charge is 0.387 e. The first-order valence-electron chi connectivity index (χ1n) is 7.98. The third kappa shape index (κ3) is 3.76. The van der Waals surface area contributed by atoms with Crippen LogP contribution in [-0.2, 0) is 11.2 Å². The molecule has 2 aliphatic carbocycles. The van der Waals surface area contributed by atoms with Crippen LogP contribution in [0.3, 0.4) is 0 Å². The Morgan fingerprint density at radius 1 is 1.09 bits per heavy atom. The van der Waals surface area contributed by atoms with Gasteiger partial charge in [0.05, 0.1) is 6.42 Å². The number of rotatable bonds is 6. The number of nitrogens with zero attached hydrogens (tertiary/aromatic N) is 1. The van der Waals surface area contributed by atoms with Gasteiger partial charge in [0, 0.05) is 12.1 Å². The number of hydrogen-bond donors (Lipinski definition) is 0. The van der Waals surface area contributed by atoms with Crippen LogP contribution >= 0.6 is 0 Å². The molecule has 0 bridgehead atoms. The van der Waals surface area contributed by atoms with Crippen molar-refractivity contribution < 1.29 is 18.3 Å². The summed E-state index contributed by atoms with van der Waals surface area (Å²) in [6.45, 7) is -2.82. The number of amides is 1. The quantitative estimate of drug-likeness (QED) is 0.800. The van der Waals surface area contributed by atoms with Crippen LogP contribution in [0, 0.1) is 0 Å². The third-order valence-corrected chi connectivity index (χ3v) is 4.45. The summed E-state index contributed by atoms with van der Waals surface area (Å²) in [5.74, 6) is 0.290. The lowest BCUT2D eigenvalue weighted by Crippen LogP contribution is -2.41. The van der Waals surface area contributed by atoms with Gasteiger partial charge in [0.2, 0.25) is 5.91 Å². The molecule has 1 amide bonds. The van der Waals surface area contributed by atoms with E-state index in [4.69, 9.17) is 0 Å². The average Bonchev–Trinajstić information content (AvgIpc) is 3.15. The molecule has 0 heterocycles. The first kappa shape index (κ1) is 15.3. The van der Waals surface area contributed by atoms with Crippen LogP contribution < -0.4 is 4.74 Å². The maximum absolute atomic E-state index is 12.6. The van der Waals surface area contributed by atoms with Crippen LogP contribution in [0.5, 0.6) is 5.75 Å². The Hall–Kier alpha value is -1.65. The monoisotopic (exact) mass is 309 g/mol. The van der Waals surface area contributed by atoms with Gasteiger partial charge in [-0.1, -0.05) is 25.0 Å². The highest BCUT2D eigenvalue weighted by Gasteiger charge is 2.37. The van der Waals surface area contributed by atoms with Crippen molar-refractivity contribution in [2.45, 2.75) is 63.6 Å². The third-order valence-electron chi connectivity index (χ3n) is 4.45. The largest absolute Gasteiger partial charge is 0.435 e. The molecule has 5 heteroatoms. The number of alkyl halides is 2. The summed E-state index contributed by atoms with van der Waals surface area (Å²) < 4.78 is 28.6. The van der Waals surface area contributed by atoms with E-state index in [1.165, 1.54) is 25.0 Å². The molecule has 0 aliphatic heterocycles. The molecule has 3 rings (SSSR count). The van der Waals surface area contributed by atoms with Crippen molar-refractivity contribution in [1.29, 1.82) is 0 Å². The number of benzene rings is 1. The van der Waals surface area contributed by atoms with Crippen molar-refractivity contribution in [2.24, 2.45) is 0 Å². The molecule has 22 heavy (non-hydrogen) atoms. The predicted octanol–water partition coefficient (Wildman–Crippen LogP) is 3.76. The molecule has 0 aromatic heterocycles. The minimum atomic E-state index is -2.82. The SMILES string of the molecule is O=C(Cc1ccc(OC(F)F)cc1)N(C1CCCC1)C1CC1. The molecule has 0 unspecified atom stereocenters. The lowest BCUT2D eigenvalue weighted by molar-refractivity contribution is -0.133. The van der Waals surface area contributed by atoms with Crippen LogP contribution in [0.2, 0.25) is 0 Å². The Kier molecular flexibility index (Phi) is 4.60. The summed E-state index contributed by atoms with van der Waals surface area (Å²) in [6.07, 6.45) is 7.21. The molecule has 1 aromatic carbocycles. The van der Waals surface area contributed by atoms with Gasteiger partial charge in [-0.3, -0.25) is 4.79 Å². The molecule has 2 saturated carbocycles. The number of ether oxygens (including phenoxy) is 1. The summed E-state index contributed by atoms with van der Waals surface area (Å²) in [7, 11) is 0. The summed E-state index contributed by atoms with van der Waals surface area (Å²) in [6, 6.07) is 7.20. The van der Waals surface area contributed by atoms with Gasteiger partial charge in [-0.2, -0.15) is 8.78 Å². The zero-order valence-electron chi connectivity index (χ0n) is 12.5. The lowest BCUT2D eigenvalue weighted by Gasteiger charge is -2.29. The van der Waals surface area contributed by atoms with E-state index in [0.717, 1.165) is 31.2 Å². The van der Waals surface area contributed by atoms with E-state index in [1.54, 1.807) is 12.1 Å². The van der Waals surface area contributed by atoms with Gasteiger partial charge < -0.3 is 9.64 Å². The second kappa shape index (κ2) is 6.63. The molecular weight excluding hydrogens is 288 g/mol. The molecule has 0 atom stereocenters. The minimum Gasteiger partial charge on any atom is -0.435 e. The standard InChI is InChI=1S/C17H21F2NO2/c18-17(19)22-15-9-5-12(6-10-15)11-16(21)20(14-7-8-14)13-3-1-2-4-13/h5-6,9-10,13-14,17H,1-4,7-8,11H2. The van der Waals surface area contributed by atoms with E-state index in [1.807, 2.05) is 0 Å². The molecule has 2 aliphatic rings. The maximum Gasteiger partial charge on any atom is 0.387 e. The molecule has 2 fully saturated rings. The average molecular weight is 309 g/mol. The van der Waals surface area contributed by atoms with E-state index in [9.17, 15) is 13.6 Å². The fourth-order valence-electron chi connectivity index (χ4n) is 3.30. The highest BCUT2D eigenvalue weighted by molar-refractivity contribution is 5.79. The van der Waals surface area contributed by atoms with Crippen molar-refractivity contribution in [3.63, 3.8) is 0 Å². The molecule has 120 valence electrons. The number of hydrogen-bond acceptors (Lipinski definition) is 2. The summed E-state index contributed by atoms with van der Waals surface area (Å²) >= 11 is 0. The first-order valence-corrected chi connectivity index (χ1v) is 7.98. The molecule has 0 spiro atoms. The number of halogens is 2. The Balaban J connectivity index is 1.62. The fourth-order valence-corrected chi connectivity index (χ4v) is 3.30. The van der Waals surface area contributed by atoms with Crippen LogP contribution in [0.25, 0.3) is 0 Å². The van der Waals surface area contributed by atoms with Crippen molar-refractivity contribution in [3.05, 3.63) is 29.8 Å². The van der Waals surface area contributed by atoms with Crippen molar-refractivity contribution in [1.82, 2.24) is 4.90 Å². The topological polar surface area (TPSA) is 29.5 Å². The summed E-state index contributed by atoms with van der Waals surface area (Å²) in [5.41, 5.74) is 0.843. The van der Waals surface area contributed by atoms with Crippen LogP contribution in [-0.4, -0.2) is 29.5 Å². The Morgan fingerprint density at radius 3 is 2.23 bits per heavy atom. The normalized spacial score (nSPS) is 18.7. The molecular formula is C17H21F2NO2. The predicted molar refractivity (Wildman–Crippen MR) is 78.9 cm³/mol. The highest BCUT2D eigenvalue weighted by atomic mass is 19.3. The van der Waals surface area contributed by atoms with E-state index in [2.05, 4.69) is 9.64 Å². The molecule has 3 nitrogen and oxygen atoms in total. The van der Waals surface area contributed by atoms with Crippen molar-refractivity contribution >= 4 is 5.91 Å². The molecule has 0 N–H and O–H groups in total. The number of carbonyl (C=O) groups is 1. The van der Waals surface area contributed by atoms with E-state index < -0.39 is 6.61 Å². The van der Waals surface area contributed by atoms with E-state index >= 15 is 0 Å². The first-order chi connectivity index (χ1) is 10.6. The van der Waals surface area contributed by atoms with Gasteiger partial charge in [-0.15, -0.1) is 0 Å². The summed E-state index contributed by atoms with van der Waals surface area (Å²) in [4.78, 5) is 14.7. The zero-order valence-corrected chi connectivity index (χ0v) is 12.5. The summed E-state index contributed by atoms with van der Waals surface area (Å²) in [5, 5.41) is 0. The molecule has 1 aromatic rings. The van der Waals surface area contributed by atoms with Gasteiger partial charge in [-0.25, -0.2) is 0 Å². The van der Waals surface area contributed by atoms with Gasteiger partial charge >= 0.3 is 6.61 Å². The Labute approximate surface area is 129 Å². The van der Waals surface area contributed by atoms with E-state index in [0.29, 0.717) is 18.5 Å². The van der Waals surface area contributed by atoms with E-state index in [-0.39, 0.29) is 11.7 Å². The zero-order chi connectivity index (χ0) is 15.5. The second-order valence-electron chi connectivity index (χ2n) is 6.17. The minimum absolute atomic E-state index is 0.126. The van der Waals surface area contributed by atoms with Crippen LogP contribution in [0.4, 0.5) is 8.78 Å².